The predicted octanol–water partition coefficient (Wildman–Crippen LogP) is 0.911. The lowest BCUT2D eigenvalue weighted by Gasteiger charge is -2.35. The van der Waals surface area contributed by atoms with E-state index in [0.29, 0.717) is 45.3 Å². The van der Waals surface area contributed by atoms with E-state index in [-0.39, 0.29) is 0 Å². The van der Waals surface area contributed by atoms with Gasteiger partial charge in [-0.25, -0.2) is 0 Å². The average molecular weight is 321 g/mol. The zero-order valence-electron chi connectivity index (χ0n) is 13.7. The van der Waals surface area contributed by atoms with Crippen LogP contribution < -0.4 is 5.32 Å². The maximum absolute atomic E-state index is 12.7. The average Bonchev–Trinajstić information content (AvgIpc) is 2.49. The minimum absolute atomic E-state index is 0.416. The third-order valence-corrected chi connectivity index (χ3v) is 5.94. The molecule has 7 heteroatoms. The molecule has 1 atom stereocenters. The summed E-state index contributed by atoms with van der Waals surface area (Å²) in [5, 5.41) is 3.32. The quantitative estimate of drug-likeness (QED) is 0.608. The lowest BCUT2D eigenvalue weighted by molar-refractivity contribution is 0.132. The van der Waals surface area contributed by atoms with Crippen molar-refractivity contribution in [2.45, 2.75) is 33.6 Å². The van der Waals surface area contributed by atoms with Gasteiger partial charge in [0.25, 0.3) is 10.2 Å². The molecule has 0 aromatic rings. The zero-order chi connectivity index (χ0) is 15.7. The first kappa shape index (κ1) is 18.8. The molecule has 0 aromatic heterocycles. The largest absolute Gasteiger partial charge is 0.380 e. The molecule has 21 heavy (non-hydrogen) atoms. The summed E-state index contributed by atoms with van der Waals surface area (Å²) in [7, 11) is -3.35. The number of nitrogens with zero attached hydrogens (tertiary/aromatic N) is 2. The van der Waals surface area contributed by atoms with Gasteiger partial charge in [-0.15, -0.1) is 0 Å². The normalized spacial score (nSPS) is 21.0. The fourth-order valence-electron chi connectivity index (χ4n) is 2.66. The highest BCUT2D eigenvalue weighted by atomic mass is 32.2. The van der Waals surface area contributed by atoms with E-state index in [1.165, 1.54) is 4.31 Å². The van der Waals surface area contributed by atoms with E-state index in [9.17, 15) is 8.42 Å². The SMILES string of the molecule is CCNCC1CCCN(S(=O)(=O)N(CC)CCOCC)C1. The van der Waals surface area contributed by atoms with Gasteiger partial charge >= 0.3 is 0 Å². The highest BCUT2D eigenvalue weighted by Crippen LogP contribution is 2.20. The molecule has 6 nitrogen and oxygen atoms in total. The fraction of sp³-hybridized carbons (Fsp3) is 1.00. The van der Waals surface area contributed by atoms with Crippen LogP contribution in [-0.4, -0.2) is 69.5 Å². The van der Waals surface area contributed by atoms with Gasteiger partial charge in [0.2, 0.25) is 0 Å². The van der Waals surface area contributed by atoms with Gasteiger partial charge in [0.15, 0.2) is 0 Å². The molecule has 1 aliphatic heterocycles. The molecule has 0 amide bonds. The van der Waals surface area contributed by atoms with E-state index in [0.717, 1.165) is 25.9 Å². The molecule has 1 heterocycles. The zero-order valence-corrected chi connectivity index (χ0v) is 14.5. The number of piperidine rings is 1. The van der Waals surface area contributed by atoms with Crippen molar-refractivity contribution < 1.29 is 13.2 Å². The smallest absolute Gasteiger partial charge is 0.282 e. The monoisotopic (exact) mass is 321 g/mol. The second-order valence-corrected chi connectivity index (χ2v) is 7.30. The molecule has 0 radical (unpaired) electrons. The fourth-order valence-corrected chi connectivity index (χ4v) is 4.38. The number of rotatable bonds is 10. The first-order valence-corrected chi connectivity index (χ1v) is 9.49. The van der Waals surface area contributed by atoms with E-state index in [2.05, 4.69) is 12.2 Å². The molecule has 1 fully saturated rings. The Morgan fingerprint density at radius 2 is 2.10 bits per heavy atom. The Labute approximate surface area is 130 Å². The van der Waals surface area contributed by atoms with E-state index < -0.39 is 10.2 Å². The highest BCUT2D eigenvalue weighted by molar-refractivity contribution is 7.86. The number of nitrogens with one attached hydrogen (secondary N) is 1. The maximum atomic E-state index is 12.7. The van der Waals surface area contributed by atoms with Crippen LogP contribution in [-0.2, 0) is 14.9 Å². The topological polar surface area (TPSA) is 61.9 Å². The van der Waals surface area contributed by atoms with Gasteiger partial charge in [-0.05, 0) is 38.8 Å². The molecule has 1 N–H and O–H groups in total. The number of ether oxygens (including phenoxy) is 1. The van der Waals surface area contributed by atoms with Crippen molar-refractivity contribution in [1.82, 2.24) is 13.9 Å². The van der Waals surface area contributed by atoms with Gasteiger partial charge < -0.3 is 10.1 Å². The molecular formula is C14H31N3O3S. The molecule has 1 unspecified atom stereocenters. The molecule has 0 aliphatic carbocycles. The van der Waals surface area contributed by atoms with E-state index in [4.69, 9.17) is 4.74 Å². The Kier molecular flexibility index (Phi) is 8.73. The number of likely N-dealkylation sites (N-methyl/N-ethyl adjacent to an activating group) is 1. The molecule has 126 valence electrons. The van der Waals surface area contributed by atoms with Gasteiger partial charge in [-0.2, -0.15) is 17.0 Å². The second-order valence-electron chi connectivity index (χ2n) is 5.37. The van der Waals surface area contributed by atoms with Crippen molar-refractivity contribution in [2.75, 3.05) is 52.5 Å². The Morgan fingerprint density at radius 1 is 1.33 bits per heavy atom. The predicted molar refractivity (Wildman–Crippen MR) is 85.5 cm³/mol. The first-order chi connectivity index (χ1) is 10.1. The summed E-state index contributed by atoms with van der Waals surface area (Å²) in [6.45, 7) is 11.0. The minimum atomic E-state index is -3.35. The van der Waals surface area contributed by atoms with Crippen molar-refractivity contribution in [2.24, 2.45) is 5.92 Å². The van der Waals surface area contributed by atoms with Crippen LogP contribution in [0, 0.1) is 5.92 Å². The molecule has 1 rings (SSSR count). The van der Waals surface area contributed by atoms with Crippen molar-refractivity contribution in [1.29, 1.82) is 0 Å². The van der Waals surface area contributed by atoms with Gasteiger partial charge in [-0.3, -0.25) is 0 Å². The van der Waals surface area contributed by atoms with Crippen LogP contribution in [0.25, 0.3) is 0 Å². The van der Waals surface area contributed by atoms with Crippen molar-refractivity contribution >= 4 is 10.2 Å². The van der Waals surface area contributed by atoms with E-state index in [1.54, 1.807) is 4.31 Å². The third-order valence-electron chi connectivity index (χ3n) is 3.86. The van der Waals surface area contributed by atoms with Crippen LogP contribution >= 0.6 is 0 Å². The lowest BCUT2D eigenvalue weighted by atomic mass is 10.00. The summed E-state index contributed by atoms with van der Waals surface area (Å²) < 4.78 is 33.9. The second kappa shape index (κ2) is 9.74. The molecule has 1 aliphatic rings. The molecule has 0 spiro atoms. The summed E-state index contributed by atoms with van der Waals surface area (Å²) in [5.74, 6) is 0.416. The molecule has 0 bridgehead atoms. The first-order valence-electron chi connectivity index (χ1n) is 8.09. The van der Waals surface area contributed by atoms with Crippen LogP contribution in [0.15, 0.2) is 0 Å². The number of hydrogen-bond donors (Lipinski definition) is 1. The van der Waals surface area contributed by atoms with Crippen LogP contribution in [0.5, 0.6) is 0 Å². The van der Waals surface area contributed by atoms with Crippen LogP contribution in [0.4, 0.5) is 0 Å². The standard InChI is InChI=1S/C14H31N3O3S/c1-4-15-12-14-8-7-9-17(13-14)21(18,19)16(5-2)10-11-20-6-3/h14-15H,4-13H2,1-3H3. The van der Waals surface area contributed by atoms with Crippen molar-refractivity contribution in [3.8, 4) is 0 Å². The van der Waals surface area contributed by atoms with Crippen LogP contribution in [0.2, 0.25) is 0 Å². The van der Waals surface area contributed by atoms with E-state index in [1.807, 2.05) is 13.8 Å². The molecule has 0 saturated carbocycles. The maximum Gasteiger partial charge on any atom is 0.282 e. The molecular weight excluding hydrogens is 290 g/mol. The number of hydrogen-bond acceptors (Lipinski definition) is 4. The summed E-state index contributed by atoms with van der Waals surface area (Å²) >= 11 is 0. The Hall–Kier alpha value is -0.210. The highest BCUT2D eigenvalue weighted by Gasteiger charge is 2.32. The van der Waals surface area contributed by atoms with Gasteiger partial charge in [0, 0.05) is 32.8 Å². The summed E-state index contributed by atoms with van der Waals surface area (Å²) in [6.07, 6.45) is 2.04. The van der Waals surface area contributed by atoms with Gasteiger partial charge in [0.1, 0.15) is 0 Å². The van der Waals surface area contributed by atoms with Crippen LogP contribution in [0.1, 0.15) is 33.6 Å². The van der Waals surface area contributed by atoms with E-state index >= 15 is 0 Å². The Bertz CT molecular complexity index is 376. The summed E-state index contributed by atoms with van der Waals surface area (Å²) in [4.78, 5) is 0. The third kappa shape index (κ3) is 5.83. The van der Waals surface area contributed by atoms with Crippen molar-refractivity contribution in [3.05, 3.63) is 0 Å². The molecule has 0 aromatic carbocycles. The van der Waals surface area contributed by atoms with Crippen LogP contribution in [0.3, 0.4) is 0 Å². The Morgan fingerprint density at radius 3 is 2.71 bits per heavy atom. The minimum Gasteiger partial charge on any atom is -0.380 e. The Balaban J connectivity index is 2.61. The van der Waals surface area contributed by atoms with Gasteiger partial charge in [-0.1, -0.05) is 13.8 Å². The lowest BCUT2D eigenvalue weighted by Crippen LogP contribution is -2.50. The van der Waals surface area contributed by atoms with Crippen molar-refractivity contribution in [3.63, 3.8) is 0 Å². The summed E-state index contributed by atoms with van der Waals surface area (Å²) in [5.41, 5.74) is 0. The summed E-state index contributed by atoms with van der Waals surface area (Å²) in [6, 6.07) is 0. The van der Waals surface area contributed by atoms with Gasteiger partial charge in [0.05, 0.1) is 6.61 Å². The molecule has 1 saturated heterocycles.